The van der Waals surface area contributed by atoms with E-state index in [9.17, 15) is 9.59 Å². The Labute approximate surface area is 162 Å². The van der Waals surface area contributed by atoms with E-state index in [1.165, 1.54) is 11.1 Å². The number of nitrogens with one attached hydrogen (secondary N) is 1. The molecule has 2 amide bonds. The SMILES string of the molecule is CCN(CC(=O)O)C1CCN(C(=O)NCC(C)(C)c2ccc(C)cc2)CC1. The Morgan fingerprint density at radius 1 is 1.22 bits per heavy atom. The van der Waals surface area contributed by atoms with E-state index >= 15 is 0 Å². The highest BCUT2D eigenvalue weighted by Gasteiger charge is 2.28. The van der Waals surface area contributed by atoms with Gasteiger partial charge in [0.1, 0.15) is 0 Å². The van der Waals surface area contributed by atoms with Gasteiger partial charge in [-0.25, -0.2) is 4.79 Å². The smallest absolute Gasteiger partial charge is 0.317 e. The first kappa shape index (κ1) is 21.2. The molecule has 1 aromatic rings. The van der Waals surface area contributed by atoms with Crippen molar-refractivity contribution in [2.45, 2.75) is 52.0 Å². The summed E-state index contributed by atoms with van der Waals surface area (Å²) >= 11 is 0. The number of nitrogens with zero attached hydrogens (tertiary/aromatic N) is 2. The third-order valence-corrected chi connectivity index (χ3v) is 5.53. The maximum absolute atomic E-state index is 12.6. The van der Waals surface area contributed by atoms with Gasteiger partial charge >= 0.3 is 12.0 Å². The van der Waals surface area contributed by atoms with Gasteiger partial charge in [-0.3, -0.25) is 9.69 Å². The lowest BCUT2D eigenvalue weighted by atomic mass is 9.84. The molecule has 6 nitrogen and oxygen atoms in total. The molecule has 0 bridgehead atoms. The molecule has 1 heterocycles. The van der Waals surface area contributed by atoms with Crippen LogP contribution in [-0.4, -0.2) is 65.7 Å². The lowest BCUT2D eigenvalue weighted by Gasteiger charge is -2.38. The summed E-state index contributed by atoms with van der Waals surface area (Å²) in [7, 11) is 0. The van der Waals surface area contributed by atoms with Crippen molar-refractivity contribution in [1.29, 1.82) is 0 Å². The molecule has 150 valence electrons. The number of carbonyl (C=O) groups excluding carboxylic acids is 1. The zero-order valence-corrected chi connectivity index (χ0v) is 17.0. The van der Waals surface area contributed by atoms with E-state index in [2.05, 4.69) is 50.4 Å². The van der Waals surface area contributed by atoms with Gasteiger partial charge < -0.3 is 15.3 Å². The maximum atomic E-state index is 12.6. The highest BCUT2D eigenvalue weighted by atomic mass is 16.4. The fourth-order valence-corrected chi connectivity index (χ4v) is 3.62. The van der Waals surface area contributed by atoms with Crippen LogP contribution in [0.15, 0.2) is 24.3 Å². The molecule has 0 saturated carbocycles. The first-order valence-electron chi connectivity index (χ1n) is 9.78. The van der Waals surface area contributed by atoms with Gasteiger partial charge in [-0.15, -0.1) is 0 Å². The Bertz CT molecular complexity index is 635. The van der Waals surface area contributed by atoms with Crippen LogP contribution in [-0.2, 0) is 10.2 Å². The molecule has 2 N–H and O–H groups in total. The summed E-state index contributed by atoms with van der Waals surface area (Å²) in [6.45, 7) is 11.0. The monoisotopic (exact) mass is 375 g/mol. The van der Waals surface area contributed by atoms with Crippen LogP contribution in [0.5, 0.6) is 0 Å². The molecule has 27 heavy (non-hydrogen) atoms. The number of aryl methyl sites for hydroxylation is 1. The third kappa shape index (κ3) is 5.96. The topological polar surface area (TPSA) is 72.9 Å². The number of piperidine rings is 1. The van der Waals surface area contributed by atoms with Crippen molar-refractivity contribution < 1.29 is 14.7 Å². The van der Waals surface area contributed by atoms with Crippen molar-refractivity contribution in [2.75, 3.05) is 32.7 Å². The second-order valence-corrected chi connectivity index (χ2v) is 8.08. The molecule has 2 rings (SSSR count). The normalized spacial score (nSPS) is 15.8. The van der Waals surface area contributed by atoms with E-state index in [1.807, 2.05) is 16.7 Å². The summed E-state index contributed by atoms with van der Waals surface area (Å²) in [4.78, 5) is 27.4. The Morgan fingerprint density at radius 2 is 1.81 bits per heavy atom. The molecule has 0 radical (unpaired) electrons. The minimum absolute atomic E-state index is 0.0325. The van der Waals surface area contributed by atoms with E-state index in [0.717, 1.165) is 12.8 Å². The van der Waals surface area contributed by atoms with Crippen LogP contribution in [0.1, 0.15) is 44.7 Å². The average molecular weight is 376 g/mol. The number of hydrogen-bond donors (Lipinski definition) is 2. The van der Waals surface area contributed by atoms with E-state index in [1.54, 1.807) is 0 Å². The second-order valence-electron chi connectivity index (χ2n) is 8.08. The summed E-state index contributed by atoms with van der Waals surface area (Å²) in [6.07, 6.45) is 1.63. The average Bonchev–Trinajstić information content (AvgIpc) is 2.64. The van der Waals surface area contributed by atoms with Gasteiger partial charge in [-0.1, -0.05) is 50.6 Å². The minimum atomic E-state index is -0.796. The van der Waals surface area contributed by atoms with Crippen LogP contribution in [0.4, 0.5) is 4.79 Å². The van der Waals surface area contributed by atoms with E-state index in [0.29, 0.717) is 26.2 Å². The zero-order chi connectivity index (χ0) is 20.0. The molecule has 0 aromatic heterocycles. The van der Waals surface area contributed by atoms with Crippen LogP contribution < -0.4 is 5.32 Å². The lowest BCUT2D eigenvalue weighted by Crippen LogP contribution is -2.51. The molecular formula is C21H33N3O3. The van der Waals surface area contributed by atoms with Crippen LogP contribution in [0, 0.1) is 6.92 Å². The van der Waals surface area contributed by atoms with Gasteiger partial charge in [-0.2, -0.15) is 0 Å². The molecule has 1 aliphatic heterocycles. The summed E-state index contributed by atoms with van der Waals surface area (Å²) in [6, 6.07) is 8.64. The molecule has 1 aromatic carbocycles. The van der Waals surface area contributed by atoms with Crippen molar-refractivity contribution >= 4 is 12.0 Å². The number of likely N-dealkylation sites (N-methyl/N-ethyl adjacent to an activating group) is 1. The van der Waals surface area contributed by atoms with E-state index in [-0.39, 0.29) is 24.0 Å². The van der Waals surface area contributed by atoms with Crippen LogP contribution in [0.25, 0.3) is 0 Å². The van der Waals surface area contributed by atoms with Gasteiger partial charge in [0.25, 0.3) is 0 Å². The highest BCUT2D eigenvalue weighted by molar-refractivity contribution is 5.74. The molecule has 0 unspecified atom stereocenters. The predicted molar refractivity (Wildman–Crippen MR) is 107 cm³/mol. The number of carbonyl (C=O) groups is 2. The second kappa shape index (κ2) is 9.22. The number of amides is 2. The van der Waals surface area contributed by atoms with Crippen molar-refractivity contribution in [2.24, 2.45) is 0 Å². The fraction of sp³-hybridized carbons (Fsp3) is 0.619. The van der Waals surface area contributed by atoms with Crippen molar-refractivity contribution in [3.8, 4) is 0 Å². The lowest BCUT2D eigenvalue weighted by molar-refractivity contribution is -0.139. The number of likely N-dealkylation sites (tertiary alicyclic amines) is 1. The fourth-order valence-electron chi connectivity index (χ4n) is 3.62. The van der Waals surface area contributed by atoms with Crippen molar-refractivity contribution in [1.82, 2.24) is 15.1 Å². The molecule has 0 spiro atoms. The number of rotatable bonds is 7. The van der Waals surface area contributed by atoms with E-state index in [4.69, 9.17) is 5.11 Å². The van der Waals surface area contributed by atoms with Gasteiger partial charge in [0.2, 0.25) is 0 Å². The van der Waals surface area contributed by atoms with Gasteiger partial charge in [0.05, 0.1) is 6.54 Å². The summed E-state index contributed by atoms with van der Waals surface area (Å²) in [5.41, 5.74) is 2.30. The Hall–Kier alpha value is -2.08. The molecule has 1 saturated heterocycles. The number of hydrogen-bond acceptors (Lipinski definition) is 3. The Morgan fingerprint density at radius 3 is 2.33 bits per heavy atom. The minimum Gasteiger partial charge on any atom is -0.480 e. The first-order valence-corrected chi connectivity index (χ1v) is 9.78. The zero-order valence-electron chi connectivity index (χ0n) is 17.0. The van der Waals surface area contributed by atoms with E-state index < -0.39 is 5.97 Å². The molecule has 1 fully saturated rings. The number of carboxylic acids is 1. The largest absolute Gasteiger partial charge is 0.480 e. The molecular weight excluding hydrogens is 342 g/mol. The Kier molecular flexibility index (Phi) is 7.25. The van der Waals surface area contributed by atoms with Crippen LogP contribution in [0.2, 0.25) is 0 Å². The number of urea groups is 1. The standard InChI is InChI=1S/C21H33N3O3/c1-5-23(14-19(25)26)18-10-12-24(13-11-18)20(27)22-15-21(3,4)17-8-6-16(2)7-9-17/h6-9,18H,5,10-15H2,1-4H3,(H,22,27)(H,25,26). The van der Waals surface area contributed by atoms with Gasteiger partial charge in [-0.05, 0) is 31.9 Å². The summed E-state index contributed by atoms with van der Waals surface area (Å²) in [5.74, 6) is -0.796. The number of benzene rings is 1. The Balaban J connectivity index is 1.83. The summed E-state index contributed by atoms with van der Waals surface area (Å²) < 4.78 is 0. The number of aliphatic carboxylic acids is 1. The molecule has 6 heteroatoms. The first-order chi connectivity index (χ1) is 12.7. The number of carboxylic acid groups (broad SMARTS) is 1. The van der Waals surface area contributed by atoms with Crippen LogP contribution in [0.3, 0.4) is 0 Å². The summed E-state index contributed by atoms with van der Waals surface area (Å²) in [5, 5.41) is 12.1. The molecule has 1 aliphatic rings. The van der Waals surface area contributed by atoms with Crippen molar-refractivity contribution in [3.63, 3.8) is 0 Å². The highest BCUT2D eigenvalue weighted by Crippen LogP contribution is 2.23. The third-order valence-electron chi connectivity index (χ3n) is 5.53. The van der Waals surface area contributed by atoms with Gasteiger partial charge in [0.15, 0.2) is 0 Å². The van der Waals surface area contributed by atoms with Crippen LogP contribution >= 0.6 is 0 Å². The van der Waals surface area contributed by atoms with Gasteiger partial charge in [0, 0.05) is 31.1 Å². The quantitative estimate of drug-likeness (QED) is 0.769. The maximum Gasteiger partial charge on any atom is 0.317 e. The molecule has 0 atom stereocenters. The predicted octanol–water partition coefficient (Wildman–Crippen LogP) is 2.85. The molecule has 0 aliphatic carbocycles. The van der Waals surface area contributed by atoms with Crippen molar-refractivity contribution in [3.05, 3.63) is 35.4 Å².